The lowest BCUT2D eigenvalue weighted by Gasteiger charge is -2.33. The third-order valence-electron chi connectivity index (χ3n) is 6.98. The predicted octanol–water partition coefficient (Wildman–Crippen LogP) is -0.549. The van der Waals surface area contributed by atoms with Crippen molar-refractivity contribution in [3.8, 4) is 0 Å². The number of imide groups is 1. The maximum absolute atomic E-state index is 13.4. The molecule has 3 saturated heterocycles. The number of aryl methyl sites for hydroxylation is 1. The minimum atomic E-state index is -0.984. The van der Waals surface area contributed by atoms with Crippen LogP contribution in [0.3, 0.4) is 0 Å². The van der Waals surface area contributed by atoms with Crippen LogP contribution in [0.2, 0.25) is 0 Å². The molecule has 0 aromatic heterocycles. The van der Waals surface area contributed by atoms with E-state index in [1.807, 2.05) is 25.1 Å². The van der Waals surface area contributed by atoms with E-state index in [2.05, 4.69) is 5.32 Å². The summed E-state index contributed by atoms with van der Waals surface area (Å²) < 4.78 is 5.09. The average Bonchev–Trinajstić information content (AvgIpc) is 3.33. The first-order valence-electron chi connectivity index (χ1n) is 9.64. The lowest BCUT2D eigenvalue weighted by atomic mass is 9.75. The first-order chi connectivity index (χ1) is 13.0. The number of anilines is 1. The molecule has 4 aliphatic rings. The molecule has 1 aromatic rings. The average molecular weight is 370 g/mol. The molecule has 7 heteroatoms. The van der Waals surface area contributed by atoms with Gasteiger partial charge in [0.1, 0.15) is 17.9 Å². The van der Waals surface area contributed by atoms with Crippen LogP contribution in [0, 0.1) is 18.8 Å². The van der Waals surface area contributed by atoms with Crippen LogP contribution in [0.1, 0.15) is 24.0 Å². The molecule has 3 amide bonds. The van der Waals surface area contributed by atoms with Crippen LogP contribution in [0.5, 0.6) is 0 Å². The van der Waals surface area contributed by atoms with E-state index < -0.39 is 17.4 Å². The van der Waals surface area contributed by atoms with Crippen LogP contribution in [-0.2, 0) is 24.7 Å². The summed E-state index contributed by atoms with van der Waals surface area (Å²) in [4.78, 5) is 42.4. The van der Waals surface area contributed by atoms with Crippen molar-refractivity contribution >= 4 is 23.4 Å². The quantitative estimate of drug-likeness (QED) is 0.700. The van der Waals surface area contributed by atoms with Crippen molar-refractivity contribution in [3.05, 3.63) is 29.3 Å². The number of hydrogen-bond acceptors (Lipinski definition) is 4. The maximum atomic E-state index is 13.4. The van der Waals surface area contributed by atoms with Crippen molar-refractivity contribution in [1.82, 2.24) is 4.90 Å². The van der Waals surface area contributed by atoms with Gasteiger partial charge in [-0.25, -0.2) is 0 Å². The summed E-state index contributed by atoms with van der Waals surface area (Å²) in [6, 6.07) is 5.93. The molecule has 4 heterocycles. The van der Waals surface area contributed by atoms with E-state index in [1.54, 1.807) is 7.11 Å². The molecule has 27 heavy (non-hydrogen) atoms. The highest BCUT2D eigenvalue weighted by atomic mass is 16.5. The largest absolute Gasteiger partial charge is 0.383 e. The van der Waals surface area contributed by atoms with Gasteiger partial charge in [0, 0.05) is 25.5 Å². The number of rotatable bonds is 3. The second-order valence-corrected chi connectivity index (χ2v) is 8.16. The number of hydrogen-bond donors (Lipinski definition) is 2. The number of quaternary nitrogens is 1. The van der Waals surface area contributed by atoms with E-state index in [4.69, 9.17) is 4.74 Å². The van der Waals surface area contributed by atoms with Gasteiger partial charge in [-0.15, -0.1) is 0 Å². The summed E-state index contributed by atoms with van der Waals surface area (Å²) in [6.45, 7) is 3.37. The van der Waals surface area contributed by atoms with Crippen LogP contribution < -0.4 is 10.2 Å². The molecular weight excluding hydrogens is 346 g/mol. The van der Waals surface area contributed by atoms with Crippen molar-refractivity contribution < 1.29 is 24.0 Å². The normalized spacial score (nSPS) is 36.4. The van der Waals surface area contributed by atoms with Crippen molar-refractivity contribution in [2.75, 3.05) is 32.1 Å². The highest BCUT2D eigenvalue weighted by Gasteiger charge is 2.78. The number of benzene rings is 1. The Balaban J connectivity index is 1.69. The first kappa shape index (κ1) is 16.9. The molecule has 1 aromatic carbocycles. The summed E-state index contributed by atoms with van der Waals surface area (Å²) in [7, 11) is 1.56. The topological polar surface area (TPSA) is 80.2 Å². The molecular formula is C20H24N3O4+. The fourth-order valence-electron chi connectivity index (χ4n) is 6.04. The lowest BCUT2D eigenvalue weighted by molar-refractivity contribution is -0.948. The van der Waals surface area contributed by atoms with Gasteiger partial charge in [0.05, 0.1) is 25.4 Å². The molecule has 3 fully saturated rings. The first-order valence-corrected chi connectivity index (χ1v) is 9.64. The molecule has 7 nitrogen and oxygen atoms in total. The van der Waals surface area contributed by atoms with Gasteiger partial charge in [0.2, 0.25) is 17.4 Å². The molecule has 0 radical (unpaired) electrons. The standard InChI is InChI=1S/C20H23N3O4/c1-11-5-6-13-12(10-11)20(19(26)21-13)16-15(14-4-3-7-23(14)20)17(24)22(18(16)25)8-9-27-2/h5-6,10,14-16H,3-4,7-9H2,1-2H3,(H,21,26)/p+1/t14-,15-,16+,20+/m1/s1. The summed E-state index contributed by atoms with van der Waals surface area (Å²) in [5.74, 6) is -1.51. The highest BCUT2D eigenvalue weighted by Crippen LogP contribution is 2.51. The van der Waals surface area contributed by atoms with Crippen molar-refractivity contribution in [2.24, 2.45) is 11.8 Å². The van der Waals surface area contributed by atoms with E-state index in [1.165, 1.54) is 4.90 Å². The number of carbonyl (C=O) groups is 3. The monoisotopic (exact) mass is 370 g/mol. The van der Waals surface area contributed by atoms with Gasteiger partial charge < -0.3 is 15.0 Å². The molecule has 0 aliphatic carbocycles. The fraction of sp³-hybridized carbons (Fsp3) is 0.550. The zero-order valence-corrected chi connectivity index (χ0v) is 15.6. The van der Waals surface area contributed by atoms with Crippen molar-refractivity contribution in [2.45, 2.75) is 31.3 Å². The number of methoxy groups -OCH3 is 1. The molecule has 142 valence electrons. The Morgan fingerprint density at radius 1 is 1.30 bits per heavy atom. The summed E-state index contributed by atoms with van der Waals surface area (Å²) in [5, 5.41) is 3.01. The minimum absolute atomic E-state index is 0.0243. The van der Waals surface area contributed by atoms with Gasteiger partial charge in [-0.05, 0) is 19.1 Å². The van der Waals surface area contributed by atoms with Crippen LogP contribution >= 0.6 is 0 Å². The van der Waals surface area contributed by atoms with E-state index in [-0.39, 0.29) is 30.3 Å². The Labute approximate surface area is 157 Å². The predicted molar refractivity (Wildman–Crippen MR) is 95.9 cm³/mol. The number of likely N-dealkylation sites (tertiary alicyclic amines) is 1. The minimum Gasteiger partial charge on any atom is -0.383 e. The Morgan fingerprint density at radius 3 is 2.89 bits per heavy atom. The van der Waals surface area contributed by atoms with Crippen LogP contribution in [-0.4, -0.2) is 55.5 Å². The Hall–Kier alpha value is -2.25. The zero-order chi connectivity index (χ0) is 18.9. The van der Waals surface area contributed by atoms with Crippen LogP contribution in [0.25, 0.3) is 0 Å². The smallest absolute Gasteiger partial charge is 0.291 e. The van der Waals surface area contributed by atoms with Gasteiger partial charge in [0.15, 0.2) is 0 Å². The van der Waals surface area contributed by atoms with Crippen LogP contribution in [0.15, 0.2) is 18.2 Å². The molecule has 2 N–H and O–H groups in total. The molecule has 1 unspecified atom stereocenters. The maximum Gasteiger partial charge on any atom is 0.291 e. The summed E-state index contributed by atoms with van der Waals surface area (Å²) in [5.41, 5.74) is 1.73. The zero-order valence-electron chi connectivity index (χ0n) is 15.6. The second-order valence-electron chi connectivity index (χ2n) is 8.16. The third-order valence-corrected chi connectivity index (χ3v) is 6.98. The second kappa shape index (κ2) is 5.62. The molecule has 0 bridgehead atoms. The van der Waals surface area contributed by atoms with Crippen molar-refractivity contribution in [1.29, 1.82) is 0 Å². The number of nitrogens with zero attached hydrogens (tertiary/aromatic N) is 1. The molecule has 5 rings (SSSR count). The number of carbonyl (C=O) groups excluding carboxylic acids is 3. The molecule has 5 atom stereocenters. The van der Waals surface area contributed by atoms with Gasteiger partial charge >= 0.3 is 0 Å². The highest BCUT2D eigenvalue weighted by molar-refractivity contribution is 6.14. The van der Waals surface area contributed by atoms with Gasteiger partial charge in [-0.2, -0.15) is 0 Å². The molecule has 4 aliphatic heterocycles. The Morgan fingerprint density at radius 2 is 2.11 bits per heavy atom. The number of amides is 3. The van der Waals surface area contributed by atoms with Crippen molar-refractivity contribution in [3.63, 3.8) is 0 Å². The number of nitrogens with one attached hydrogen (secondary N) is 2. The Bertz CT molecular complexity index is 869. The van der Waals surface area contributed by atoms with E-state index in [0.717, 1.165) is 41.1 Å². The molecule has 1 spiro atoms. The fourth-order valence-corrected chi connectivity index (χ4v) is 6.04. The third kappa shape index (κ3) is 1.91. The molecule has 0 saturated carbocycles. The van der Waals surface area contributed by atoms with Gasteiger partial charge in [-0.1, -0.05) is 11.6 Å². The van der Waals surface area contributed by atoms with Gasteiger partial charge in [0.25, 0.3) is 5.91 Å². The summed E-state index contributed by atoms with van der Waals surface area (Å²) in [6.07, 6.45) is 1.85. The van der Waals surface area contributed by atoms with Crippen LogP contribution in [0.4, 0.5) is 5.69 Å². The van der Waals surface area contributed by atoms with E-state index in [9.17, 15) is 14.4 Å². The lowest BCUT2D eigenvalue weighted by Crippen LogP contribution is -3.19. The number of ether oxygens (including phenoxy) is 1. The SMILES string of the molecule is COCCN1C(=O)[C@@H]2[C@H]3CCC[NH+]3[C@]3(C(=O)Nc4ccc(C)cc43)[C@@H]2C1=O. The van der Waals surface area contributed by atoms with E-state index >= 15 is 0 Å². The summed E-state index contributed by atoms with van der Waals surface area (Å²) >= 11 is 0. The Kier molecular flexibility index (Phi) is 3.52. The van der Waals surface area contributed by atoms with E-state index in [0.29, 0.717) is 6.61 Å². The number of fused-ring (bicyclic) bond motifs is 7. The van der Waals surface area contributed by atoms with Gasteiger partial charge in [-0.3, -0.25) is 19.3 Å².